The minimum atomic E-state index is -0.944. The Bertz CT molecular complexity index is 1230. The summed E-state index contributed by atoms with van der Waals surface area (Å²) in [5.41, 5.74) is 5.85. The summed E-state index contributed by atoms with van der Waals surface area (Å²) in [4.78, 5) is 9.57. The van der Waals surface area contributed by atoms with Gasteiger partial charge in [-0.25, -0.2) is 0 Å². The van der Waals surface area contributed by atoms with E-state index in [1.165, 1.54) is 14.2 Å². The summed E-state index contributed by atoms with van der Waals surface area (Å²) < 4.78 is 8.88. The van der Waals surface area contributed by atoms with Crippen molar-refractivity contribution < 1.29 is 39.8 Å². The molecule has 0 saturated heterocycles. The minimum Gasteiger partial charge on any atom is -0.368 e. The molecule has 1 heterocycles. The molecule has 8 heteroatoms. The first-order chi connectivity index (χ1) is 17.0. The van der Waals surface area contributed by atoms with Crippen LogP contribution in [0.3, 0.4) is 0 Å². The average molecular weight is 661 g/mol. The van der Waals surface area contributed by atoms with Crippen LogP contribution < -0.4 is 0 Å². The molecule has 0 aliphatic carbocycles. The second-order valence-corrected chi connectivity index (χ2v) is 7.40. The van der Waals surface area contributed by atoms with E-state index in [9.17, 15) is 0 Å². The predicted molar refractivity (Wildman–Crippen MR) is 133 cm³/mol. The van der Waals surface area contributed by atoms with Gasteiger partial charge in [-0.2, -0.15) is 5.26 Å². The topological polar surface area (TPSA) is 108 Å². The largest absolute Gasteiger partial charge is 0.368 e. The van der Waals surface area contributed by atoms with Crippen molar-refractivity contribution >= 4 is 0 Å². The van der Waals surface area contributed by atoms with Crippen molar-refractivity contribution in [3.05, 3.63) is 96.7 Å². The summed E-state index contributed by atoms with van der Waals surface area (Å²) >= 11 is 0. The molecule has 1 aromatic heterocycles. The van der Waals surface area contributed by atoms with Gasteiger partial charge >= 0.3 is 0 Å². The molecule has 4 aromatic rings. The zero-order chi connectivity index (χ0) is 25.0. The van der Waals surface area contributed by atoms with Crippen LogP contribution in [0.25, 0.3) is 33.8 Å². The number of ether oxygens (including phenoxy) is 2. The fourth-order valence-electron chi connectivity index (χ4n) is 3.14. The number of nitrogens with zero attached hydrogens (tertiary/aromatic N) is 3. The molecule has 0 bridgehead atoms. The first-order valence-electron chi connectivity index (χ1n) is 10.9. The van der Waals surface area contributed by atoms with Gasteiger partial charge in [0.2, 0.25) is 0 Å². The van der Waals surface area contributed by atoms with Gasteiger partial charge in [0.15, 0.2) is 12.6 Å². The standard InChI is InChI=1S/C23H14N3.C5H12O4.Ir/c24-15-17-11-13-18(14-12-17)21-16-25-22(19-7-3-1-4-8-19)23(26-21)20-9-5-2-6-10-20;1-8-4(6)3-5(7)9-2;/h1-7,9-14,16H;4-7H,3H2,1-2H3;/q-1;;. The Morgan fingerprint density at radius 2 is 1.50 bits per heavy atom. The molecule has 36 heavy (non-hydrogen) atoms. The third-order valence-electron chi connectivity index (χ3n) is 5.04. The minimum absolute atomic E-state index is 0. The number of hydrogen-bond acceptors (Lipinski definition) is 7. The molecule has 187 valence electrons. The molecule has 2 unspecified atom stereocenters. The number of nitriles is 1. The first kappa shape index (κ1) is 29.0. The van der Waals surface area contributed by atoms with Gasteiger partial charge in [-0.05, 0) is 17.7 Å². The van der Waals surface area contributed by atoms with E-state index < -0.39 is 12.6 Å². The number of methoxy groups -OCH3 is 2. The van der Waals surface area contributed by atoms with Crippen LogP contribution >= 0.6 is 0 Å². The van der Waals surface area contributed by atoms with Crippen molar-refractivity contribution in [1.29, 1.82) is 5.26 Å². The van der Waals surface area contributed by atoms with Gasteiger partial charge in [0.25, 0.3) is 0 Å². The van der Waals surface area contributed by atoms with Gasteiger partial charge < -0.3 is 24.7 Å². The molecule has 4 rings (SSSR count). The summed E-state index contributed by atoms with van der Waals surface area (Å²) in [5.74, 6) is 0. The molecular weight excluding hydrogens is 635 g/mol. The number of aliphatic hydroxyl groups is 2. The molecule has 2 N–H and O–H groups in total. The number of hydrogen-bond donors (Lipinski definition) is 2. The summed E-state index contributed by atoms with van der Waals surface area (Å²) in [5, 5.41) is 26.4. The number of benzene rings is 3. The number of aliphatic hydroxyl groups excluding tert-OH is 2. The van der Waals surface area contributed by atoms with Gasteiger partial charge in [0.1, 0.15) is 0 Å². The summed E-state index contributed by atoms with van der Waals surface area (Å²) in [6.45, 7) is 0. The summed E-state index contributed by atoms with van der Waals surface area (Å²) in [6.07, 6.45) is -0.0447. The Hall–Kier alpha value is -3.28. The van der Waals surface area contributed by atoms with Crippen LogP contribution in [0, 0.1) is 17.4 Å². The van der Waals surface area contributed by atoms with Crippen LogP contribution in [-0.2, 0) is 29.6 Å². The van der Waals surface area contributed by atoms with Crippen LogP contribution in [0.4, 0.5) is 0 Å². The number of aromatic nitrogens is 2. The normalized spacial score (nSPS) is 11.8. The van der Waals surface area contributed by atoms with E-state index in [0.29, 0.717) is 5.56 Å². The fourth-order valence-corrected chi connectivity index (χ4v) is 3.14. The van der Waals surface area contributed by atoms with Crippen LogP contribution in [0.15, 0.2) is 85.1 Å². The van der Waals surface area contributed by atoms with E-state index in [2.05, 4.69) is 26.6 Å². The van der Waals surface area contributed by atoms with E-state index >= 15 is 0 Å². The first-order valence-corrected chi connectivity index (χ1v) is 10.9. The molecule has 0 fully saturated rings. The molecule has 7 nitrogen and oxygen atoms in total. The maximum Gasteiger partial charge on any atom is 0.158 e. The second-order valence-electron chi connectivity index (χ2n) is 7.40. The van der Waals surface area contributed by atoms with Crippen LogP contribution in [0.2, 0.25) is 0 Å². The van der Waals surface area contributed by atoms with E-state index in [1.807, 2.05) is 66.7 Å². The van der Waals surface area contributed by atoms with Crippen molar-refractivity contribution in [3.8, 4) is 39.8 Å². The maximum atomic E-state index is 8.97. The molecule has 0 spiro atoms. The van der Waals surface area contributed by atoms with Crippen molar-refractivity contribution in [2.45, 2.75) is 19.0 Å². The Balaban J connectivity index is 0.000000394. The van der Waals surface area contributed by atoms with Crippen LogP contribution in [-0.4, -0.2) is 47.0 Å². The van der Waals surface area contributed by atoms with Crippen molar-refractivity contribution in [2.75, 3.05) is 14.2 Å². The van der Waals surface area contributed by atoms with Crippen LogP contribution in [0.1, 0.15) is 12.0 Å². The fraction of sp³-hybridized carbons (Fsp3) is 0.179. The van der Waals surface area contributed by atoms with Crippen LogP contribution in [0.5, 0.6) is 0 Å². The zero-order valence-corrected chi connectivity index (χ0v) is 22.2. The van der Waals surface area contributed by atoms with Gasteiger partial charge in [0, 0.05) is 58.2 Å². The SMILES string of the molecule is COC(O)CC(O)OC.N#Cc1ccc(-c2cnc(-c3[c-]cccc3)c(-c3ccccc3)n2)cc1.[Ir]. The summed E-state index contributed by atoms with van der Waals surface area (Å²) in [6, 6.07) is 30.5. The second kappa shape index (κ2) is 15.0. The monoisotopic (exact) mass is 661 g/mol. The maximum absolute atomic E-state index is 8.97. The Morgan fingerprint density at radius 1 is 0.861 bits per heavy atom. The molecule has 0 aliphatic rings. The molecule has 0 saturated carbocycles. The zero-order valence-electron chi connectivity index (χ0n) is 19.8. The van der Waals surface area contributed by atoms with Gasteiger partial charge in [-0.1, -0.05) is 42.5 Å². The van der Waals surface area contributed by atoms with Crippen molar-refractivity contribution in [1.82, 2.24) is 9.97 Å². The molecule has 1 radical (unpaired) electrons. The van der Waals surface area contributed by atoms with Crippen molar-refractivity contribution in [2.24, 2.45) is 0 Å². The predicted octanol–water partition coefficient (Wildman–Crippen LogP) is 4.45. The Kier molecular flexibility index (Phi) is 12.0. The average Bonchev–Trinajstić information content (AvgIpc) is 2.94. The third kappa shape index (κ3) is 8.14. The van der Waals surface area contributed by atoms with E-state index in [0.717, 1.165) is 33.8 Å². The van der Waals surface area contributed by atoms with Gasteiger partial charge in [-0.15, -0.1) is 35.9 Å². The molecular formula is C28H26IrN3O4-. The van der Waals surface area contributed by atoms with E-state index in [-0.39, 0.29) is 26.5 Å². The quantitative estimate of drug-likeness (QED) is 0.223. The summed E-state index contributed by atoms with van der Waals surface area (Å²) in [7, 11) is 2.71. The molecule has 0 aliphatic heterocycles. The van der Waals surface area contributed by atoms with E-state index in [4.69, 9.17) is 20.5 Å². The van der Waals surface area contributed by atoms with Gasteiger partial charge in [0.05, 0.1) is 23.0 Å². The molecule has 0 amide bonds. The molecule has 3 aromatic carbocycles. The van der Waals surface area contributed by atoms with E-state index in [1.54, 1.807) is 18.3 Å². The molecule has 2 atom stereocenters. The van der Waals surface area contributed by atoms with Gasteiger partial charge in [-0.3, -0.25) is 4.98 Å². The third-order valence-corrected chi connectivity index (χ3v) is 5.04. The Labute approximate surface area is 224 Å². The Morgan fingerprint density at radius 3 is 2.06 bits per heavy atom. The smallest absolute Gasteiger partial charge is 0.158 e. The number of rotatable bonds is 7. The van der Waals surface area contributed by atoms with Crippen molar-refractivity contribution in [3.63, 3.8) is 0 Å².